The lowest BCUT2D eigenvalue weighted by molar-refractivity contribution is 0.197. The van der Waals surface area contributed by atoms with Crippen molar-refractivity contribution < 1.29 is 9.47 Å². The van der Waals surface area contributed by atoms with Gasteiger partial charge in [0.2, 0.25) is 0 Å². The third-order valence-electron chi connectivity index (χ3n) is 5.73. The molecule has 162 valence electrons. The summed E-state index contributed by atoms with van der Waals surface area (Å²) in [4.78, 5) is 2.55. The summed E-state index contributed by atoms with van der Waals surface area (Å²) in [5, 5.41) is 3.47. The molecule has 1 fully saturated rings. The van der Waals surface area contributed by atoms with Crippen molar-refractivity contribution in [1.82, 2.24) is 10.2 Å². The maximum atomic E-state index is 6.13. The van der Waals surface area contributed by atoms with Gasteiger partial charge >= 0.3 is 0 Å². The summed E-state index contributed by atoms with van der Waals surface area (Å²) in [7, 11) is 0. The molecule has 0 aromatic heterocycles. The van der Waals surface area contributed by atoms with Crippen molar-refractivity contribution in [2.45, 2.75) is 26.5 Å². The number of rotatable bonds is 8. The first-order valence-electron chi connectivity index (χ1n) is 11.2. The van der Waals surface area contributed by atoms with Crippen LogP contribution in [0.5, 0.6) is 11.5 Å². The van der Waals surface area contributed by atoms with E-state index in [1.807, 2.05) is 25.1 Å². The molecule has 1 heterocycles. The summed E-state index contributed by atoms with van der Waals surface area (Å²) in [5.41, 5.74) is 4.98. The number of aryl methyl sites for hydroxylation is 1. The Balaban J connectivity index is 1.64. The second-order valence-electron chi connectivity index (χ2n) is 8.01. The number of nitrogens with zero attached hydrogens (tertiary/aromatic N) is 1. The lowest BCUT2D eigenvalue weighted by Crippen LogP contribution is -2.45. The van der Waals surface area contributed by atoms with Gasteiger partial charge in [-0.1, -0.05) is 66.2 Å². The van der Waals surface area contributed by atoms with Gasteiger partial charge in [-0.15, -0.1) is 0 Å². The highest BCUT2D eigenvalue weighted by molar-refractivity contribution is 5.46. The molecular formula is C27H32N2O2. The SMILES string of the molecule is CCOc1cc(C(c2ccc(C)cc2)N2CCNCC2)ccc1OCc1ccccc1. The van der Waals surface area contributed by atoms with E-state index in [9.17, 15) is 0 Å². The number of hydrogen-bond acceptors (Lipinski definition) is 4. The van der Waals surface area contributed by atoms with Gasteiger partial charge in [0, 0.05) is 26.2 Å². The molecule has 31 heavy (non-hydrogen) atoms. The first-order valence-corrected chi connectivity index (χ1v) is 11.2. The number of hydrogen-bond donors (Lipinski definition) is 1. The quantitative estimate of drug-likeness (QED) is 0.562. The molecule has 1 aliphatic rings. The van der Waals surface area contributed by atoms with Crippen LogP contribution in [0.4, 0.5) is 0 Å². The van der Waals surface area contributed by atoms with E-state index in [4.69, 9.17) is 9.47 Å². The van der Waals surface area contributed by atoms with Gasteiger partial charge in [0.15, 0.2) is 11.5 Å². The first-order chi connectivity index (χ1) is 15.2. The van der Waals surface area contributed by atoms with Crippen LogP contribution in [0.2, 0.25) is 0 Å². The maximum absolute atomic E-state index is 6.13. The van der Waals surface area contributed by atoms with Crippen LogP contribution >= 0.6 is 0 Å². The second-order valence-corrected chi connectivity index (χ2v) is 8.01. The van der Waals surface area contributed by atoms with Crippen molar-refractivity contribution in [1.29, 1.82) is 0 Å². The fourth-order valence-electron chi connectivity index (χ4n) is 4.12. The van der Waals surface area contributed by atoms with E-state index in [2.05, 4.69) is 71.7 Å². The highest BCUT2D eigenvalue weighted by Crippen LogP contribution is 2.36. The average Bonchev–Trinajstić information content (AvgIpc) is 2.82. The molecule has 1 atom stereocenters. The van der Waals surface area contributed by atoms with E-state index in [0.717, 1.165) is 43.2 Å². The van der Waals surface area contributed by atoms with Gasteiger partial charge in [-0.3, -0.25) is 4.90 Å². The van der Waals surface area contributed by atoms with E-state index >= 15 is 0 Å². The molecule has 1 unspecified atom stereocenters. The number of benzene rings is 3. The third-order valence-corrected chi connectivity index (χ3v) is 5.73. The van der Waals surface area contributed by atoms with Gasteiger partial charge in [0.1, 0.15) is 6.61 Å². The molecule has 1 N–H and O–H groups in total. The minimum absolute atomic E-state index is 0.199. The van der Waals surface area contributed by atoms with E-state index < -0.39 is 0 Å². The van der Waals surface area contributed by atoms with Crippen molar-refractivity contribution in [2.75, 3.05) is 32.8 Å². The molecule has 4 rings (SSSR count). The molecule has 0 bridgehead atoms. The molecule has 4 nitrogen and oxygen atoms in total. The van der Waals surface area contributed by atoms with Gasteiger partial charge in [-0.05, 0) is 42.7 Å². The predicted octanol–water partition coefficient (Wildman–Crippen LogP) is 4.97. The zero-order valence-corrected chi connectivity index (χ0v) is 18.5. The minimum Gasteiger partial charge on any atom is -0.490 e. The van der Waals surface area contributed by atoms with E-state index in [1.54, 1.807) is 0 Å². The van der Waals surface area contributed by atoms with Gasteiger partial charge < -0.3 is 14.8 Å². The summed E-state index contributed by atoms with van der Waals surface area (Å²) in [6.45, 7) is 9.35. The average molecular weight is 417 g/mol. The monoisotopic (exact) mass is 416 g/mol. The fourth-order valence-corrected chi connectivity index (χ4v) is 4.12. The second kappa shape index (κ2) is 10.5. The Bertz CT molecular complexity index is 951. The van der Waals surface area contributed by atoms with Gasteiger partial charge in [-0.25, -0.2) is 0 Å². The molecule has 0 spiro atoms. The molecule has 0 aliphatic carbocycles. The Labute approximate surface area is 185 Å². The Morgan fingerprint density at radius 1 is 0.839 bits per heavy atom. The zero-order chi connectivity index (χ0) is 21.5. The molecule has 0 saturated carbocycles. The smallest absolute Gasteiger partial charge is 0.161 e. The van der Waals surface area contributed by atoms with Crippen LogP contribution in [-0.4, -0.2) is 37.7 Å². The Hall–Kier alpha value is -2.82. The summed E-state index contributed by atoms with van der Waals surface area (Å²) in [6.07, 6.45) is 0. The highest BCUT2D eigenvalue weighted by atomic mass is 16.5. The van der Waals surface area contributed by atoms with Gasteiger partial charge in [-0.2, -0.15) is 0 Å². The third kappa shape index (κ3) is 5.46. The van der Waals surface area contributed by atoms with Crippen LogP contribution in [0.25, 0.3) is 0 Å². The lowest BCUT2D eigenvalue weighted by Gasteiger charge is -2.36. The molecule has 4 heteroatoms. The van der Waals surface area contributed by atoms with Crippen molar-refractivity contribution >= 4 is 0 Å². The van der Waals surface area contributed by atoms with Crippen molar-refractivity contribution in [2.24, 2.45) is 0 Å². The Kier molecular flexibility index (Phi) is 7.23. The Morgan fingerprint density at radius 3 is 2.26 bits per heavy atom. The van der Waals surface area contributed by atoms with Crippen LogP contribution in [-0.2, 0) is 6.61 Å². The highest BCUT2D eigenvalue weighted by Gasteiger charge is 2.25. The lowest BCUT2D eigenvalue weighted by atomic mass is 9.95. The molecule has 0 amide bonds. The van der Waals surface area contributed by atoms with Crippen molar-refractivity contribution in [3.05, 3.63) is 95.1 Å². The molecular weight excluding hydrogens is 384 g/mol. The van der Waals surface area contributed by atoms with Crippen LogP contribution < -0.4 is 14.8 Å². The minimum atomic E-state index is 0.199. The van der Waals surface area contributed by atoms with Crippen LogP contribution in [0.15, 0.2) is 72.8 Å². The van der Waals surface area contributed by atoms with Gasteiger partial charge in [0.25, 0.3) is 0 Å². The summed E-state index contributed by atoms with van der Waals surface area (Å²) in [6, 6.07) is 25.8. The van der Waals surface area contributed by atoms with E-state index in [1.165, 1.54) is 16.7 Å². The zero-order valence-electron chi connectivity index (χ0n) is 18.5. The summed E-state index contributed by atoms with van der Waals surface area (Å²) < 4.78 is 12.1. The summed E-state index contributed by atoms with van der Waals surface area (Å²) >= 11 is 0. The molecule has 1 saturated heterocycles. The number of nitrogens with one attached hydrogen (secondary N) is 1. The standard InChI is InChI=1S/C27H32N2O2/c1-3-30-26-19-24(13-14-25(26)31-20-22-7-5-4-6-8-22)27(29-17-15-28-16-18-29)23-11-9-21(2)10-12-23/h4-14,19,27-28H,3,15-18,20H2,1-2H3. The number of ether oxygens (including phenoxy) is 2. The fraction of sp³-hybridized carbons (Fsp3) is 0.333. The largest absolute Gasteiger partial charge is 0.490 e. The predicted molar refractivity (Wildman–Crippen MR) is 126 cm³/mol. The Morgan fingerprint density at radius 2 is 1.55 bits per heavy atom. The van der Waals surface area contributed by atoms with Crippen LogP contribution in [0.3, 0.4) is 0 Å². The topological polar surface area (TPSA) is 33.7 Å². The number of piperazine rings is 1. The first kappa shape index (κ1) is 21.4. The van der Waals surface area contributed by atoms with Crippen LogP contribution in [0, 0.1) is 6.92 Å². The van der Waals surface area contributed by atoms with Gasteiger partial charge in [0.05, 0.1) is 12.6 Å². The maximum Gasteiger partial charge on any atom is 0.161 e. The molecule has 0 radical (unpaired) electrons. The van der Waals surface area contributed by atoms with E-state index in [-0.39, 0.29) is 6.04 Å². The molecule has 3 aromatic rings. The summed E-state index contributed by atoms with van der Waals surface area (Å²) in [5.74, 6) is 1.60. The van der Waals surface area contributed by atoms with Crippen molar-refractivity contribution in [3.8, 4) is 11.5 Å². The van der Waals surface area contributed by atoms with E-state index in [0.29, 0.717) is 13.2 Å². The van der Waals surface area contributed by atoms with Crippen molar-refractivity contribution in [3.63, 3.8) is 0 Å². The van der Waals surface area contributed by atoms with Crippen LogP contribution in [0.1, 0.15) is 35.2 Å². The molecule has 1 aliphatic heterocycles. The normalized spacial score (nSPS) is 15.4. The molecule has 3 aromatic carbocycles.